The molecule has 0 aliphatic rings. The largest absolute Gasteiger partial charge is 0.478 e. The molecule has 3 rings (SSSR count). The van der Waals surface area contributed by atoms with E-state index in [0.717, 1.165) is 19.5 Å². The lowest BCUT2D eigenvalue weighted by atomic mass is 10.2. The summed E-state index contributed by atoms with van der Waals surface area (Å²) >= 11 is 3.10. The van der Waals surface area contributed by atoms with E-state index < -0.39 is 5.97 Å². The first-order valence-electron chi connectivity index (χ1n) is 5.59. The Bertz CT molecular complexity index is 719. The lowest BCUT2D eigenvalue weighted by Crippen LogP contribution is -1.95. The van der Waals surface area contributed by atoms with Crippen LogP contribution in [0, 0.1) is 0 Å². The van der Waals surface area contributed by atoms with Crippen LogP contribution in [0.15, 0.2) is 57.8 Å². The van der Waals surface area contributed by atoms with Gasteiger partial charge in [-0.15, -0.1) is 11.3 Å². The van der Waals surface area contributed by atoms with Gasteiger partial charge in [-0.3, -0.25) is 0 Å². The van der Waals surface area contributed by atoms with Crippen molar-refractivity contribution in [2.75, 3.05) is 0 Å². The molecule has 0 spiro atoms. The van der Waals surface area contributed by atoms with Gasteiger partial charge in [0.15, 0.2) is 4.34 Å². The molecule has 0 fully saturated rings. The number of thiazole rings is 1. The Labute approximate surface area is 117 Å². The number of para-hydroxylation sites is 1. The molecule has 3 aromatic rings. The smallest absolute Gasteiger partial charge is 0.335 e. The van der Waals surface area contributed by atoms with Crippen molar-refractivity contribution in [3.8, 4) is 0 Å². The summed E-state index contributed by atoms with van der Waals surface area (Å²) in [7, 11) is 0. The molecule has 0 bridgehead atoms. The highest BCUT2D eigenvalue weighted by Gasteiger charge is 2.07. The number of aromatic carboxylic acids is 1. The molecule has 0 aliphatic carbocycles. The van der Waals surface area contributed by atoms with E-state index in [0.29, 0.717) is 5.56 Å². The molecule has 5 heteroatoms. The first-order valence-corrected chi connectivity index (χ1v) is 7.22. The summed E-state index contributed by atoms with van der Waals surface area (Å²) in [6.45, 7) is 0. The molecular formula is C14H9NO2S2. The van der Waals surface area contributed by atoms with Crippen LogP contribution in [0.3, 0.4) is 0 Å². The van der Waals surface area contributed by atoms with Gasteiger partial charge in [0.2, 0.25) is 0 Å². The maximum Gasteiger partial charge on any atom is 0.335 e. The standard InChI is InChI=1S/C14H9NO2S2/c16-13(17)9-4-3-5-10(8-9)18-14-15-11-6-1-2-7-12(11)19-14/h1-8H,(H,16,17). The van der Waals surface area contributed by atoms with Gasteiger partial charge in [0.25, 0.3) is 0 Å². The molecule has 0 amide bonds. The first kappa shape index (κ1) is 12.2. The van der Waals surface area contributed by atoms with Crippen LogP contribution in [-0.2, 0) is 0 Å². The maximum atomic E-state index is 10.9. The predicted octanol–water partition coefficient (Wildman–Crippen LogP) is 4.15. The van der Waals surface area contributed by atoms with Crippen LogP contribution in [0.4, 0.5) is 0 Å². The third-order valence-corrected chi connectivity index (χ3v) is 4.65. The highest BCUT2D eigenvalue weighted by molar-refractivity contribution is 8.01. The fourth-order valence-electron chi connectivity index (χ4n) is 1.69. The van der Waals surface area contributed by atoms with E-state index in [-0.39, 0.29) is 0 Å². The van der Waals surface area contributed by atoms with Gasteiger partial charge >= 0.3 is 5.97 Å². The van der Waals surface area contributed by atoms with Crippen molar-refractivity contribution in [1.29, 1.82) is 0 Å². The fourth-order valence-corrected chi connectivity index (χ4v) is 3.79. The molecular weight excluding hydrogens is 278 g/mol. The van der Waals surface area contributed by atoms with E-state index >= 15 is 0 Å². The molecule has 0 saturated carbocycles. The Hall–Kier alpha value is -1.85. The van der Waals surface area contributed by atoms with Crippen LogP contribution in [-0.4, -0.2) is 16.1 Å². The van der Waals surface area contributed by atoms with E-state index in [9.17, 15) is 4.79 Å². The molecule has 2 aromatic carbocycles. The van der Waals surface area contributed by atoms with Crippen molar-refractivity contribution >= 4 is 39.3 Å². The van der Waals surface area contributed by atoms with Crippen molar-refractivity contribution in [2.45, 2.75) is 9.24 Å². The van der Waals surface area contributed by atoms with Gasteiger partial charge in [0.1, 0.15) is 0 Å². The average Bonchev–Trinajstić information content (AvgIpc) is 2.81. The van der Waals surface area contributed by atoms with Gasteiger partial charge in [-0.05, 0) is 30.3 Å². The Morgan fingerprint density at radius 2 is 2.00 bits per heavy atom. The lowest BCUT2D eigenvalue weighted by molar-refractivity contribution is 0.0696. The van der Waals surface area contributed by atoms with E-state index in [1.54, 1.807) is 29.5 Å². The number of carbonyl (C=O) groups is 1. The summed E-state index contributed by atoms with van der Waals surface area (Å²) < 4.78 is 2.06. The minimum Gasteiger partial charge on any atom is -0.478 e. The number of hydrogen-bond acceptors (Lipinski definition) is 4. The highest BCUT2D eigenvalue weighted by Crippen LogP contribution is 2.34. The van der Waals surface area contributed by atoms with E-state index in [4.69, 9.17) is 5.11 Å². The van der Waals surface area contributed by atoms with Gasteiger partial charge in [-0.25, -0.2) is 9.78 Å². The van der Waals surface area contributed by atoms with E-state index in [1.165, 1.54) is 11.8 Å². The zero-order valence-electron chi connectivity index (χ0n) is 9.74. The molecule has 1 heterocycles. The van der Waals surface area contributed by atoms with E-state index in [1.807, 2.05) is 30.3 Å². The number of benzene rings is 2. The van der Waals surface area contributed by atoms with Crippen LogP contribution in [0.5, 0.6) is 0 Å². The third kappa shape index (κ3) is 2.62. The first-order chi connectivity index (χ1) is 9.22. The molecule has 0 radical (unpaired) electrons. The van der Waals surface area contributed by atoms with Crippen molar-refractivity contribution in [3.05, 3.63) is 54.1 Å². The SMILES string of the molecule is O=C(O)c1cccc(Sc2nc3ccccc3s2)c1. The number of aromatic nitrogens is 1. The molecule has 1 N–H and O–H groups in total. The van der Waals surface area contributed by atoms with Gasteiger partial charge in [0.05, 0.1) is 15.8 Å². The zero-order chi connectivity index (χ0) is 13.2. The Kier molecular flexibility index (Phi) is 3.23. The normalized spacial score (nSPS) is 10.7. The zero-order valence-corrected chi connectivity index (χ0v) is 11.4. The number of carboxylic acids is 1. The summed E-state index contributed by atoms with van der Waals surface area (Å²) in [5.41, 5.74) is 1.27. The average molecular weight is 287 g/mol. The second kappa shape index (κ2) is 5.03. The van der Waals surface area contributed by atoms with Crippen molar-refractivity contribution in [2.24, 2.45) is 0 Å². The van der Waals surface area contributed by atoms with Gasteiger partial charge in [-0.1, -0.05) is 30.0 Å². The van der Waals surface area contributed by atoms with Crippen LogP contribution >= 0.6 is 23.1 Å². The summed E-state index contributed by atoms with van der Waals surface area (Å²) in [6.07, 6.45) is 0. The Morgan fingerprint density at radius 1 is 1.16 bits per heavy atom. The molecule has 3 nitrogen and oxygen atoms in total. The summed E-state index contributed by atoms with van der Waals surface area (Å²) in [6, 6.07) is 14.8. The number of hydrogen-bond donors (Lipinski definition) is 1. The monoisotopic (exact) mass is 287 g/mol. The Morgan fingerprint density at radius 3 is 2.79 bits per heavy atom. The quantitative estimate of drug-likeness (QED) is 0.786. The summed E-state index contributed by atoms with van der Waals surface area (Å²) in [4.78, 5) is 16.3. The number of nitrogens with zero attached hydrogens (tertiary/aromatic N) is 1. The Balaban J connectivity index is 1.92. The minimum atomic E-state index is -0.910. The molecule has 94 valence electrons. The van der Waals surface area contributed by atoms with Crippen LogP contribution in [0.1, 0.15) is 10.4 Å². The van der Waals surface area contributed by atoms with Gasteiger partial charge in [-0.2, -0.15) is 0 Å². The molecule has 0 aliphatic heterocycles. The van der Waals surface area contributed by atoms with Crippen molar-refractivity contribution in [1.82, 2.24) is 4.98 Å². The topological polar surface area (TPSA) is 50.2 Å². The summed E-state index contributed by atoms with van der Waals surface area (Å²) in [5, 5.41) is 8.97. The van der Waals surface area contributed by atoms with Crippen LogP contribution in [0.25, 0.3) is 10.2 Å². The molecule has 19 heavy (non-hydrogen) atoms. The summed E-state index contributed by atoms with van der Waals surface area (Å²) in [5.74, 6) is -0.910. The molecule has 0 unspecified atom stereocenters. The molecule has 0 saturated heterocycles. The maximum absolute atomic E-state index is 10.9. The van der Waals surface area contributed by atoms with E-state index in [2.05, 4.69) is 4.98 Å². The van der Waals surface area contributed by atoms with Crippen molar-refractivity contribution < 1.29 is 9.90 Å². The molecule has 0 atom stereocenters. The minimum absolute atomic E-state index is 0.297. The second-order valence-corrected chi connectivity index (χ2v) is 6.23. The third-order valence-electron chi connectivity index (χ3n) is 2.56. The predicted molar refractivity (Wildman–Crippen MR) is 77.1 cm³/mol. The number of carboxylic acid groups (broad SMARTS) is 1. The highest BCUT2D eigenvalue weighted by atomic mass is 32.2. The van der Waals surface area contributed by atoms with Crippen molar-refractivity contribution in [3.63, 3.8) is 0 Å². The lowest BCUT2D eigenvalue weighted by Gasteiger charge is -1.99. The number of fused-ring (bicyclic) bond motifs is 1. The number of rotatable bonds is 3. The second-order valence-electron chi connectivity index (χ2n) is 3.88. The molecule has 1 aromatic heterocycles. The van der Waals surface area contributed by atoms with Gasteiger partial charge < -0.3 is 5.11 Å². The fraction of sp³-hybridized carbons (Fsp3) is 0. The van der Waals surface area contributed by atoms with Crippen LogP contribution < -0.4 is 0 Å². The van der Waals surface area contributed by atoms with Gasteiger partial charge in [0, 0.05) is 4.90 Å². The van der Waals surface area contributed by atoms with Crippen LogP contribution in [0.2, 0.25) is 0 Å².